The lowest BCUT2D eigenvalue weighted by molar-refractivity contribution is 0.0595. The van der Waals surface area contributed by atoms with Crippen LogP contribution in [0.3, 0.4) is 0 Å². The summed E-state index contributed by atoms with van der Waals surface area (Å²) in [5.74, 6) is 1.03. The van der Waals surface area contributed by atoms with Crippen LogP contribution in [-0.2, 0) is 9.47 Å². The van der Waals surface area contributed by atoms with E-state index in [-0.39, 0.29) is 18.0 Å². The summed E-state index contributed by atoms with van der Waals surface area (Å²) < 4.78 is 17.0. The highest BCUT2D eigenvalue weighted by atomic mass is 16.6. The molecule has 238 valence electrons. The molecular weight excluding hydrogens is 576 g/mol. The first-order valence-electron chi connectivity index (χ1n) is 15.6. The lowest BCUT2D eigenvalue weighted by Gasteiger charge is -2.37. The first-order valence-corrected chi connectivity index (χ1v) is 15.6. The quantitative estimate of drug-likeness (QED) is 0.388. The van der Waals surface area contributed by atoms with Gasteiger partial charge in [0.25, 0.3) is 5.91 Å². The molecule has 45 heavy (non-hydrogen) atoms. The Morgan fingerprint density at radius 1 is 0.822 bits per heavy atom. The number of carbonyl (C=O) groups excluding carboxylic acids is 2. The number of nitrogens with zero attached hydrogens (tertiary/aromatic N) is 6. The Morgan fingerprint density at radius 3 is 2.11 bits per heavy atom. The summed E-state index contributed by atoms with van der Waals surface area (Å²) >= 11 is 0. The van der Waals surface area contributed by atoms with Crippen molar-refractivity contribution in [3.63, 3.8) is 0 Å². The zero-order valence-electron chi connectivity index (χ0n) is 25.8. The lowest BCUT2D eigenvalue weighted by atomic mass is 10.1. The maximum Gasteiger partial charge on any atom is 0.323 e. The van der Waals surface area contributed by atoms with Gasteiger partial charge in [-0.3, -0.25) is 9.69 Å². The van der Waals surface area contributed by atoms with Gasteiger partial charge in [0.1, 0.15) is 6.10 Å². The van der Waals surface area contributed by atoms with Crippen molar-refractivity contribution in [3.05, 3.63) is 54.1 Å². The maximum atomic E-state index is 13.0. The van der Waals surface area contributed by atoms with E-state index in [1.807, 2.05) is 17.0 Å². The highest BCUT2D eigenvalue weighted by Crippen LogP contribution is 2.24. The van der Waals surface area contributed by atoms with E-state index < -0.39 is 6.03 Å². The molecule has 0 saturated carbocycles. The first-order chi connectivity index (χ1) is 21.9. The van der Waals surface area contributed by atoms with E-state index >= 15 is 0 Å². The second-order valence-corrected chi connectivity index (χ2v) is 11.6. The zero-order chi connectivity index (χ0) is 31.2. The van der Waals surface area contributed by atoms with Gasteiger partial charge >= 0.3 is 12.0 Å². The van der Waals surface area contributed by atoms with Gasteiger partial charge in [0.05, 0.1) is 26.4 Å². The van der Waals surface area contributed by atoms with E-state index in [0.29, 0.717) is 87.4 Å². The van der Waals surface area contributed by atoms with Crippen molar-refractivity contribution >= 4 is 29.3 Å². The number of urea groups is 1. The third-order valence-corrected chi connectivity index (χ3v) is 8.18. The molecule has 0 radical (unpaired) electrons. The van der Waals surface area contributed by atoms with Crippen molar-refractivity contribution in [3.8, 4) is 17.4 Å². The van der Waals surface area contributed by atoms with E-state index in [0.717, 1.165) is 25.1 Å². The number of hydrogen-bond acceptors (Lipinski definition) is 10. The van der Waals surface area contributed by atoms with Crippen LogP contribution in [0.4, 0.5) is 22.1 Å². The van der Waals surface area contributed by atoms with E-state index in [9.17, 15) is 9.59 Å². The lowest BCUT2D eigenvalue weighted by Crippen LogP contribution is -2.50. The summed E-state index contributed by atoms with van der Waals surface area (Å²) in [6, 6.07) is 14.6. The summed E-state index contributed by atoms with van der Waals surface area (Å²) in [5.41, 5.74) is 2.56. The molecule has 3 aromatic rings. The average molecular weight is 617 g/mol. The number of nitrogens with one attached hydrogen (secondary N) is 2. The van der Waals surface area contributed by atoms with Gasteiger partial charge < -0.3 is 34.6 Å². The fourth-order valence-corrected chi connectivity index (χ4v) is 5.50. The highest BCUT2D eigenvalue weighted by molar-refractivity contribution is 6.00. The van der Waals surface area contributed by atoms with Gasteiger partial charge in [-0.25, -0.2) is 4.79 Å². The summed E-state index contributed by atoms with van der Waals surface area (Å²) in [4.78, 5) is 45.9. The maximum absolute atomic E-state index is 13.0. The molecule has 4 heterocycles. The molecule has 1 atom stereocenters. The minimum Gasteiger partial charge on any atom is -0.457 e. The number of carbonyl (C=O) groups is 2. The fourth-order valence-electron chi connectivity index (χ4n) is 5.50. The standard InChI is InChI=1S/C32H40N8O5/c1-22(2)38-12-14-39(15-13-38)29(41)24-5-9-26(10-6-24)34-31(42)33-25-7-3-23(4-8-25)28-35-30(40-16-19-43-20-17-40)37-32(36-28)45-27-11-18-44-21-27/h3-10,22,27H,11-21H2,1-2H3,(H2,33,34,42). The van der Waals surface area contributed by atoms with Crippen molar-refractivity contribution in [1.82, 2.24) is 24.8 Å². The molecule has 2 aromatic carbocycles. The summed E-state index contributed by atoms with van der Waals surface area (Å²) in [5, 5.41) is 5.68. The molecule has 0 aliphatic carbocycles. The van der Waals surface area contributed by atoms with Crippen LogP contribution in [0.2, 0.25) is 0 Å². The number of anilines is 3. The van der Waals surface area contributed by atoms with Crippen molar-refractivity contribution in [1.29, 1.82) is 0 Å². The van der Waals surface area contributed by atoms with Gasteiger partial charge in [-0.1, -0.05) is 0 Å². The molecule has 0 bridgehead atoms. The monoisotopic (exact) mass is 616 g/mol. The number of ether oxygens (including phenoxy) is 3. The smallest absolute Gasteiger partial charge is 0.323 e. The van der Waals surface area contributed by atoms with Crippen LogP contribution in [0.1, 0.15) is 30.6 Å². The molecule has 6 rings (SSSR count). The molecule has 3 saturated heterocycles. The predicted octanol–water partition coefficient (Wildman–Crippen LogP) is 3.35. The topological polar surface area (TPSA) is 134 Å². The molecule has 0 spiro atoms. The van der Waals surface area contributed by atoms with E-state index in [2.05, 4.69) is 44.2 Å². The number of piperazine rings is 1. The Bertz CT molecular complexity index is 1450. The SMILES string of the molecule is CC(C)N1CCN(C(=O)c2ccc(NC(=O)Nc3ccc(-c4nc(OC5CCOC5)nc(N5CCOCC5)n4)cc3)cc2)CC1. The number of morpholine rings is 1. The summed E-state index contributed by atoms with van der Waals surface area (Å²) in [6.07, 6.45) is 0.694. The van der Waals surface area contributed by atoms with Gasteiger partial charge in [0, 0.05) is 74.2 Å². The van der Waals surface area contributed by atoms with E-state index in [1.54, 1.807) is 36.4 Å². The second-order valence-electron chi connectivity index (χ2n) is 11.6. The molecule has 3 aliphatic heterocycles. The fraction of sp³-hybridized carbons (Fsp3) is 0.469. The second kappa shape index (κ2) is 14.2. The number of hydrogen-bond donors (Lipinski definition) is 2. The average Bonchev–Trinajstić information content (AvgIpc) is 3.58. The number of rotatable bonds is 8. The molecule has 1 unspecified atom stereocenters. The molecule has 13 nitrogen and oxygen atoms in total. The minimum atomic E-state index is -0.393. The molecule has 3 aliphatic rings. The number of aromatic nitrogens is 3. The first kappa shape index (κ1) is 30.7. The Hall–Kier alpha value is -4.33. The molecule has 3 fully saturated rings. The van der Waals surface area contributed by atoms with Crippen LogP contribution in [0.5, 0.6) is 6.01 Å². The zero-order valence-corrected chi connectivity index (χ0v) is 25.8. The van der Waals surface area contributed by atoms with Crippen molar-refractivity contribution in [2.45, 2.75) is 32.4 Å². The van der Waals surface area contributed by atoms with Crippen LogP contribution < -0.4 is 20.3 Å². The van der Waals surface area contributed by atoms with Gasteiger partial charge in [-0.2, -0.15) is 15.0 Å². The Morgan fingerprint density at radius 2 is 1.49 bits per heavy atom. The number of amides is 3. The van der Waals surface area contributed by atoms with Crippen LogP contribution in [0.25, 0.3) is 11.4 Å². The minimum absolute atomic E-state index is 0.0102. The van der Waals surface area contributed by atoms with Crippen molar-refractivity contribution in [2.75, 3.05) is 81.2 Å². The van der Waals surface area contributed by atoms with Gasteiger partial charge in [0.15, 0.2) is 5.82 Å². The van der Waals surface area contributed by atoms with Crippen LogP contribution in [-0.4, -0.2) is 115 Å². The van der Waals surface area contributed by atoms with E-state index in [4.69, 9.17) is 19.2 Å². The van der Waals surface area contributed by atoms with Gasteiger partial charge in [-0.05, 0) is 62.4 Å². The molecular formula is C32H40N8O5. The largest absolute Gasteiger partial charge is 0.457 e. The van der Waals surface area contributed by atoms with E-state index in [1.165, 1.54) is 0 Å². The van der Waals surface area contributed by atoms with Gasteiger partial charge in [-0.15, -0.1) is 0 Å². The summed E-state index contributed by atoms with van der Waals surface area (Å²) in [6.45, 7) is 11.3. The van der Waals surface area contributed by atoms with Crippen molar-refractivity contribution < 1.29 is 23.8 Å². The normalized spacial score (nSPS) is 19.0. The molecule has 2 N–H and O–H groups in total. The Labute approximate surface area is 262 Å². The van der Waals surface area contributed by atoms with Crippen LogP contribution in [0.15, 0.2) is 48.5 Å². The van der Waals surface area contributed by atoms with Crippen molar-refractivity contribution in [2.24, 2.45) is 0 Å². The summed E-state index contributed by atoms with van der Waals surface area (Å²) in [7, 11) is 0. The van der Waals surface area contributed by atoms with Crippen LogP contribution in [0, 0.1) is 0 Å². The predicted molar refractivity (Wildman–Crippen MR) is 170 cm³/mol. The van der Waals surface area contributed by atoms with Gasteiger partial charge in [0.2, 0.25) is 5.95 Å². The number of benzene rings is 2. The van der Waals surface area contributed by atoms with Crippen LogP contribution >= 0.6 is 0 Å². The molecule has 3 amide bonds. The highest BCUT2D eigenvalue weighted by Gasteiger charge is 2.24. The Balaban J connectivity index is 1.06. The molecule has 13 heteroatoms. The third kappa shape index (κ3) is 7.85. The third-order valence-electron chi connectivity index (χ3n) is 8.18. The Kier molecular flexibility index (Phi) is 9.67. The molecule has 1 aromatic heterocycles.